The van der Waals surface area contributed by atoms with Crippen molar-refractivity contribution >= 4 is 5.57 Å². The number of halogens is 4. The van der Waals surface area contributed by atoms with Crippen LogP contribution in [0.5, 0.6) is 5.75 Å². The Morgan fingerprint density at radius 2 is 1.32 bits per heavy atom. The highest BCUT2D eigenvalue weighted by atomic mass is 19.2. The first-order valence-corrected chi connectivity index (χ1v) is 14.9. The van der Waals surface area contributed by atoms with Crippen molar-refractivity contribution in [1.82, 2.24) is 0 Å². The molecule has 0 amide bonds. The first-order valence-electron chi connectivity index (χ1n) is 14.9. The molecule has 1 saturated carbocycles. The van der Waals surface area contributed by atoms with Crippen molar-refractivity contribution in [2.24, 2.45) is 17.8 Å². The van der Waals surface area contributed by atoms with E-state index in [1.165, 1.54) is 37.8 Å². The van der Waals surface area contributed by atoms with Gasteiger partial charge in [-0.05, 0) is 91.5 Å². The maximum absolute atomic E-state index is 15.3. The smallest absolute Gasteiger partial charge is 0.201 e. The maximum Gasteiger partial charge on any atom is 0.201 e. The quantitative estimate of drug-likeness (QED) is 0.143. The molecule has 0 spiro atoms. The van der Waals surface area contributed by atoms with E-state index in [2.05, 4.69) is 19.6 Å². The SMILES string of the molecule is C=CCCCOc1ccc(-c2ccc(-c3ccc(C4=CCC(C5CCC(C)CC5)CC4)c(F)c3F)cc2)c(F)c1F. The van der Waals surface area contributed by atoms with E-state index >= 15 is 8.78 Å². The molecule has 5 heteroatoms. The summed E-state index contributed by atoms with van der Waals surface area (Å²) >= 11 is 0. The Hall–Kier alpha value is -3.34. The highest BCUT2D eigenvalue weighted by Gasteiger charge is 2.28. The highest BCUT2D eigenvalue weighted by molar-refractivity contribution is 5.74. The molecule has 2 aliphatic carbocycles. The number of unbranched alkanes of at least 4 members (excludes halogenated alkanes) is 1. The summed E-state index contributed by atoms with van der Waals surface area (Å²) in [7, 11) is 0. The molecule has 3 aromatic rings. The second-order valence-electron chi connectivity index (χ2n) is 11.7. The van der Waals surface area contributed by atoms with E-state index in [-0.39, 0.29) is 23.5 Å². The van der Waals surface area contributed by atoms with Crippen LogP contribution in [0.2, 0.25) is 0 Å². The van der Waals surface area contributed by atoms with E-state index in [1.54, 1.807) is 42.5 Å². The minimum atomic E-state index is -1.05. The van der Waals surface area contributed by atoms with Crippen molar-refractivity contribution in [3.8, 4) is 28.0 Å². The summed E-state index contributed by atoms with van der Waals surface area (Å²) in [6.45, 7) is 6.21. The van der Waals surface area contributed by atoms with Crippen LogP contribution in [-0.4, -0.2) is 6.61 Å². The number of hydrogen-bond acceptors (Lipinski definition) is 1. The van der Waals surface area contributed by atoms with Gasteiger partial charge in [0.25, 0.3) is 0 Å². The topological polar surface area (TPSA) is 9.23 Å². The predicted octanol–water partition coefficient (Wildman–Crippen LogP) is 10.9. The van der Waals surface area contributed by atoms with E-state index < -0.39 is 23.3 Å². The molecule has 2 aliphatic rings. The fourth-order valence-corrected chi connectivity index (χ4v) is 6.41. The standard InChI is InChI=1S/C36H38F4O/c1-3-4-5-22-41-32-21-20-31(35(39)36(32)40)28-16-14-27(15-17-28)30-19-18-29(33(37)34(30)38)26-12-10-25(11-13-26)24-8-6-23(2)7-9-24/h3,12,14-21,23-25H,1,4-11,13,22H2,2H3. The number of allylic oxidation sites excluding steroid dienone is 3. The lowest BCUT2D eigenvalue weighted by Gasteiger charge is -2.34. The third kappa shape index (κ3) is 6.45. The zero-order valence-electron chi connectivity index (χ0n) is 23.7. The van der Waals surface area contributed by atoms with E-state index in [9.17, 15) is 8.78 Å². The molecule has 0 N–H and O–H groups in total. The summed E-state index contributed by atoms with van der Waals surface area (Å²) in [5.41, 5.74) is 2.31. The third-order valence-corrected chi connectivity index (χ3v) is 8.97. The van der Waals surface area contributed by atoms with Crippen LogP contribution in [-0.2, 0) is 0 Å². The van der Waals surface area contributed by atoms with E-state index in [4.69, 9.17) is 4.74 Å². The second kappa shape index (κ2) is 13.1. The Morgan fingerprint density at radius 1 is 0.732 bits per heavy atom. The van der Waals surface area contributed by atoms with Crippen LogP contribution in [0, 0.1) is 41.0 Å². The van der Waals surface area contributed by atoms with Crippen molar-refractivity contribution in [3.05, 3.63) is 96.1 Å². The van der Waals surface area contributed by atoms with Crippen LogP contribution in [0.3, 0.4) is 0 Å². The van der Waals surface area contributed by atoms with Crippen LogP contribution in [0.15, 0.2) is 67.3 Å². The van der Waals surface area contributed by atoms with Gasteiger partial charge in [-0.25, -0.2) is 13.2 Å². The number of benzene rings is 3. The molecule has 3 aromatic carbocycles. The molecular formula is C36H38F4O. The van der Waals surface area contributed by atoms with Crippen LogP contribution in [0.1, 0.15) is 70.3 Å². The Balaban J connectivity index is 1.29. The lowest BCUT2D eigenvalue weighted by molar-refractivity contribution is 0.202. The van der Waals surface area contributed by atoms with Gasteiger partial charge in [0.2, 0.25) is 5.82 Å². The molecular weight excluding hydrogens is 524 g/mol. The fourth-order valence-electron chi connectivity index (χ4n) is 6.41. The summed E-state index contributed by atoms with van der Waals surface area (Å²) in [4.78, 5) is 0. The molecule has 1 atom stereocenters. The molecule has 216 valence electrons. The maximum atomic E-state index is 15.3. The number of ether oxygens (including phenoxy) is 1. The molecule has 0 aromatic heterocycles. The van der Waals surface area contributed by atoms with Gasteiger partial charge in [-0.1, -0.05) is 68.3 Å². The predicted molar refractivity (Wildman–Crippen MR) is 159 cm³/mol. The van der Waals surface area contributed by atoms with Gasteiger partial charge in [0.05, 0.1) is 6.61 Å². The van der Waals surface area contributed by atoms with Gasteiger partial charge in [0.1, 0.15) is 0 Å². The summed E-state index contributed by atoms with van der Waals surface area (Å²) in [5.74, 6) is -1.72. The Labute approximate surface area is 240 Å². The molecule has 41 heavy (non-hydrogen) atoms. The molecule has 5 rings (SSSR count). The average molecular weight is 563 g/mol. The van der Waals surface area contributed by atoms with Gasteiger partial charge in [-0.2, -0.15) is 4.39 Å². The van der Waals surface area contributed by atoms with Gasteiger partial charge in [0, 0.05) is 16.7 Å². The Bertz CT molecular complexity index is 1400. The van der Waals surface area contributed by atoms with E-state index in [0.717, 1.165) is 43.1 Å². The van der Waals surface area contributed by atoms with E-state index in [1.807, 2.05) is 0 Å². The van der Waals surface area contributed by atoms with Crippen LogP contribution >= 0.6 is 0 Å². The monoisotopic (exact) mass is 562 g/mol. The van der Waals surface area contributed by atoms with Crippen molar-refractivity contribution < 1.29 is 22.3 Å². The molecule has 1 unspecified atom stereocenters. The van der Waals surface area contributed by atoms with E-state index in [0.29, 0.717) is 29.0 Å². The van der Waals surface area contributed by atoms with Gasteiger partial charge < -0.3 is 4.74 Å². The average Bonchev–Trinajstić information content (AvgIpc) is 2.99. The third-order valence-electron chi connectivity index (χ3n) is 8.97. The fraction of sp³-hybridized carbons (Fsp3) is 0.389. The van der Waals surface area contributed by atoms with Crippen LogP contribution in [0.25, 0.3) is 27.8 Å². The summed E-state index contributed by atoms with van der Waals surface area (Å²) in [5, 5.41) is 0. The Kier molecular flexibility index (Phi) is 9.32. The summed E-state index contributed by atoms with van der Waals surface area (Å²) in [6, 6.07) is 12.5. The van der Waals surface area contributed by atoms with Crippen LogP contribution < -0.4 is 4.74 Å². The molecule has 0 heterocycles. The lowest BCUT2D eigenvalue weighted by atomic mass is 9.71. The van der Waals surface area contributed by atoms with Gasteiger partial charge in [-0.15, -0.1) is 6.58 Å². The van der Waals surface area contributed by atoms with Crippen LogP contribution in [0.4, 0.5) is 17.6 Å². The minimum Gasteiger partial charge on any atom is -0.490 e. The number of rotatable bonds is 9. The molecule has 0 aliphatic heterocycles. The second-order valence-corrected chi connectivity index (χ2v) is 11.7. The molecule has 1 nitrogen and oxygen atoms in total. The van der Waals surface area contributed by atoms with Gasteiger partial charge in [-0.3, -0.25) is 0 Å². The first-order chi connectivity index (χ1) is 19.9. The largest absolute Gasteiger partial charge is 0.490 e. The van der Waals surface area contributed by atoms with Crippen molar-refractivity contribution in [2.75, 3.05) is 6.61 Å². The number of hydrogen-bond donors (Lipinski definition) is 0. The lowest BCUT2D eigenvalue weighted by Crippen LogP contribution is -2.22. The molecule has 0 radical (unpaired) electrons. The molecule has 0 bridgehead atoms. The highest BCUT2D eigenvalue weighted by Crippen LogP contribution is 2.42. The van der Waals surface area contributed by atoms with Crippen molar-refractivity contribution in [2.45, 2.75) is 64.7 Å². The summed E-state index contributed by atoms with van der Waals surface area (Å²) in [6.07, 6.45) is 13.1. The molecule has 1 fully saturated rings. The van der Waals surface area contributed by atoms with Crippen molar-refractivity contribution in [3.63, 3.8) is 0 Å². The van der Waals surface area contributed by atoms with Crippen molar-refractivity contribution in [1.29, 1.82) is 0 Å². The van der Waals surface area contributed by atoms with Gasteiger partial charge in [0.15, 0.2) is 23.2 Å². The minimum absolute atomic E-state index is 0.0692. The normalized spacial score (nSPS) is 20.9. The first kappa shape index (κ1) is 29.2. The zero-order chi connectivity index (χ0) is 28.9. The summed E-state index contributed by atoms with van der Waals surface area (Å²) < 4.78 is 65.4. The van der Waals surface area contributed by atoms with Gasteiger partial charge >= 0.3 is 0 Å². The zero-order valence-corrected chi connectivity index (χ0v) is 23.7. The molecule has 0 saturated heterocycles. The Morgan fingerprint density at radius 3 is 1.93 bits per heavy atom.